The third-order valence-electron chi connectivity index (χ3n) is 4.50. The van der Waals surface area contributed by atoms with Crippen LogP contribution in [0.4, 0.5) is 0 Å². The molecule has 0 saturated heterocycles. The van der Waals surface area contributed by atoms with E-state index in [9.17, 15) is 14.4 Å². The lowest BCUT2D eigenvalue weighted by Gasteiger charge is -2.20. The molecular weight excluding hydrogens is 376 g/mol. The van der Waals surface area contributed by atoms with Crippen LogP contribution < -0.4 is 10.6 Å². The molecule has 6 nitrogen and oxygen atoms in total. The van der Waals surface area contributed by atoms with Crippen LogP contribution in [0.3, 0.4) is 0 Å². The van der Waals surface area contributed by atoms with Crippen LogP contribution in [-0.2, 0) is 19.7 Å². The first kappa shape index (κ1) is 22.3. The fourth-order valence-electron chi connectivity index (χ4n) is 2.58. The molecule has 28 heavy (non-hydrogen) atoms. The van der Waals surface area contributed by atoms with Crippen molar-refractivity contribution in [1.82, 2.24) is 10.6 Å². The first-order valence-electron chi connectivity index (χ1n) is 9.57. The minimum absolute atomic E-state index is 0.000730. The first-order chi connectivity index (χ1) is 13.2. The van der Waals surface area contributed by atoms with Crippen molar-refractivity contribution in [1.29, 1.82) is 0 Å². The molecule has 0 aliphatic heterocycles. The Hall–Kier alpha value is -2.02. The summed E-state index contributed by atoms with van der Waals surface area (Å²) in [6.45, 7) is 6.00. The Morgan fingerprint density at radius 1 is 1.18 bits per heavy atom. The molecule has 1 fully saturated rings. The third-order valence-corrected chi connectivity index (χ3v) is 5.15. The Kier molecular flexibility index (Phi) is 7.92. The maximum Gasteiger partial charge on any atom is 0.329 e. The number of benzene rings is 1. The smallest absolute Gasteiger partial charge is 0.329 e. The van der Waals surface area contributed by atoms with Crippen molar-refractivity contribution in [2.75, 3.05) is 18.6 Å². The summed E-state index contributed by atoms with van der Waals surface area (Å²) in [7, 11) is 0. The average molecular weight is 407 g/mol. The quantitative estimate of drug-likeness (QED) is 0.616. The lowest BCUT2D eigenvalue weighted by molar-refractivity contribution is -0.150. The van der Waals surface area contributed by atoms with E-state index in [4.69, 9.17) is 4.74 Å². The van der Waals surface area contributed by atoms with Crippen LogP contribution in [0.25, 0.3) is 0 Å². The van der Waals surface area contributed by atoms with Gasteiger partial charge in [-0.05, 0) is 54.4 Å². The standard InChI is InChI=1S/C21H30N2O4S/c1-21(2,3)15-7-5-14(6-8-15)19(25)23-17(11-12-28-4)20(26)27-13-18(24)22-16-9-10-16/h5-8,16-17H,9-13H2,1-4H3,(H,22,24)(H,23,25). The summed E-state index contributed by atoms with van der Waals surface area (Å²) in [5.74, 6) is -0.522. The van der Waals surface area contributed by atoms with E-state index in [1.807, 2.05) is 18.4 Å². The van der Waals surface area contributed by atoms with Gasteiger partial charge in [0.05, 0.1) is 0 Å². The number of ether oxygens (including phenoxy) is 1. The van der Waals surface area contributed by atoms with Crippen molar-refractivity contribution in [2.24, 2.45) is 0 Å². The predicted octanol–water partition coefficient (Wildman–Crippen LogP) is 2.66. The van der Waals surface area contributed by atoms with Gasteiger partial charge in [-0.1, -0.05) is 32.9 Å². The topological polar surface area (TPSA) is 84.5 Å². The van der Waals surface area contributed by atoms with Gasteiger partial charge in [0, 0.05) is 11.6 Å². The number of carbonyl (C=O) groups excluding carboxylic acids is 3. The second-order valence-electron chi connectivity index (χ2n) is 8.08. The molecule has 1 atom stereocenters. The van der Waals surface area contributed by atoms with Gasteiger partial charge in [0.2, 0.25) is 0 Å². The maximum atomic E-state index is 12.6. The molecule has 1 aromatic carbocycles. The molecule has 0 radical (unpaired) electrons. The molecule has 1 aliphatic rings. The van der Waals surface area contributed by atoms with Crippen molar-refractivity contribution in [3.63, 3.8) is 0 Å². The van der Waals surface area contributed by atoms with Gasteiger partial charge in [0.15, 0.2) is 6.61 Å². The highest BCUT2D eigenvalue weighted by atomic mass is 32.2. The van der Waals surface area contributed by atoms with Gasteiger partial charge in [0.1, 0.15) is 6.04 Å². The number of rotatable bonds is 9. The molecule has 2 rings (SSSR count). The Labute approximate surface area is 171 Å². The predicted molar refractivity (Wildman–Crippen MR) is 112 cm³/mol. The fourth-order valence-corrected chi connectivity index (χ4v) is 3.05. The second-order valence-corrected chi connectivity index (χ2v) is 9.07. The van der Waals surface area contributed by atoms with Crippen molar-refractivity contribution < 1.29 is 19.1 Å². The number of nitrogens with one attached hydrogen (secondary N) is 2. The van der Waals surface area contributed by atoms with Crippen LogP contribution in [0.2, 0.25) is 0 Å². The summed E-state index contributed by atoms with van der Waals surface area (Å²) in [6, 6.07) is 6.80. The van der Waals surface area contributed by atoms with Crippen LogP contribution in [0.5, 0.6) is 0 Å². The molecule has 154 valence electrons. The van der Waals surface area contributed by atoms with E-state index < -0.39 is 12.0 Å². The Morgan fingerprint density at radius 2 is 1.82 bits per heavy atom. The van der Waals surface area contributed by atoms with E-state index in [1.54, 1.807) is 23.9 Å². The van der Waals surface area contributed by atoms with Crippen LogP contribution in [-0.4, -0.2) is 48.5 Å². The molecule has 0 bridgehead atoms. The first-order valence-corrected chi connectivity index (χ1v) is 11.0. The van der Waals surface area contributed by atoms with Crippen molar-refractivity contribution in [2.45, 2.75) is 57.5 Å². The zero-order valence-electron chi connectivity index (χ0n) is 17.0. The van der Waals surface area contributed by atoms with E-state index in [2.05, 4.69) is 31.4 Å². The normalized spacial score (nSPS) is 14.9. The zero-order valence-corrected chi connectivity index (χ0v) is 17.9. The summed E-state index contributed by atoms with van der Waals surface area (Å²) in [5, 5.41) is 5.51. The summed E-state index contributed by atoms with van der Waals surface area (Å²) < 4.78 is 5.12. The molecule has 1 aliphatic carbocycles. The second kappa shape index (κ2) is 9.96. The van der Waals surface area contributed by atoms with E-state index in [0.717, 1.165) is 18.4 Å². The molecule has 0 aromatic heterocycles. The largest absolute Gasteiger partial charge is 0.454 e. The molecule has 2 amide bonds. The van der Waals surface area contributed by atoms with E-state index in [1.165, 1.54) is 0 Å². The summed E-state index contributed by atoms with van der Waals surface area (Å²) in [5.41, 5.74) is 1.62. The van der Waals surface area contributed by atoms with E-state index in [0.29, 0.717) is 17.7 Å². The summed E-state index contributed by atoms with van der Waals surface area (Å²) >= 11 is 1.58. The van der Waals surface area contributed by atoms with E-state index >= 15 is 0 Å². The molecular formula is C21H30N2O4S. The monoisotopic (exact) mass is 406 g/mol. The highest BCUT2D eigenvalue weighted by molar-refractivity contribution is 7.98. The van der Waals surface area contributed by atoms with Gasteiger partial charge in [-0.3, -0.25) is 9.59 Å². The van der Waals surface area contributed by atoms with Crippen molar-refractivity contribution >= 4 is 29.5 Å². The SMILES string of the molecule is CSCCC(NC(=O)c1ccc(C(C)(C)C)cc1)C(=O)OCC(=O)NC1CC1. The Bertz CT molecular complexity index is 693. The van der Waals surface area contributed by atoms with Crippen LogP contribution in [0.1, 0.15) is 56.0 Å². The number of carbonyl (C=O) groups is 3. The number of hydrogen-bond donors (Lipinski definition) is 2. The van der Waals surface area contributed by atoms with E-state index in [-0.39, 0.29) is 29.9 Å². The van der Waals surface area contributed by atoms with Crippen LogP contribution in [0, 0.1) is 0 Å². The average Bonchev–Trinajstić information content (AvgIpc) is 3.46. The minimum atomic E-state index is -0.782. The van der Waals surface area contributed by atoms with Crippen LogP contribution in [0.15, 0.2) is 24.3 Å². The molecule has 2 N–H and O–H groups in total. The highest BCUT2D eigenvalue weighted by Gasteiger charge is 2.26. The Balaban J connectivity index is 1.94. The lowest BCUT2D eigenvalue weighted by atomic mass is 9.86. The molecule has 0 heterocycles. The lowest BCUT2D eigenvalue weighted by Crippen LogP contribution is -2.43. The van der Waals surface area contributed by atoms with Gasteiger partial charge >= 0.3 is 5.97 Å². The summed E-state index contributed by atoms with van der Waals surface area (Å²) in [6.07, 6.45) is 4.31. The van der Waals surface area contributed by atoms with Gasteiger partial charge in [-0.2, -0.15) is 11.8 Å². The Morgan fingerprint density at radius 3 is 2.36 bits per heavy atom. The van der Waals surface area contributed by atoms with Gasteiger partial charge in [0.25, 0.3) is 11.8 Å². The van der Waals surface area contributed by atoms with Crippen molar-refractivity contribution in [3.05, 3.63) is 35.4 Å². The molecule has 1 saturated carbocycles. The minimum Gasteiger partial charge on any atom is -0.454 e. The van der Waals surface area contributed by atoms with Gasteiger partial charge in [-0.25, -0.2) is 4.79 Å². The number of thioether (sulfide) groups is 1. The third kappa shape index (κ3) is 7.19. The molecule has 7 heteroatoms. The maximum absolute atomic E-state index is 12.6. The van der Waals surface area contributed by atoms with Crippen LogP contribution >= 0.6 is 11.8 Å². The van der Waals surface area contributed by atoms with Crippen molar-refractivity contribution in [3.8, 4) is 0 Å². The molecule has 1 aromatic rings. The van der Waals surface area contributed by atoms with Gasteiger partial charge < -0.3 is 15.4 Å². The number of esters is 1. The number of hydrogen-bond acceptors (Lipinski definition) is 5. The highest BCUT2D eigenvalue weighted by Crippen LogP contribution is 2.22. The zero-order chi connectivity index (χ0) is 20.7. The fraction of sp³-hybridized carbons (Fsp3) is 0.571. The van der Waals surface area contributed by atoms with Gasteiger partial charge in [-0.15, -0.1) is 0 Å². The number of amides is 2. The molecule has 1 unspecified atom stereocenters. The summed E-state index contributed by atoms with van der Waals surface area (Å²) in [4.78, 5) is 36.7. The molecule has 0 spiro atoms.